The molecule has 0 rings (SSSR count). The highest BCUT2D eigenvalue weighted by atomic mass is 80.9. The molecular formula is C24H47BrNO8P. The number of phosphoric ester groups is 1. The van der Waals surface area contributed by atoms with E-state index in [4.69, 9.17) is 13.8 Å². The number of allylic oxidation sites excluding steroid dienone is 2. The zero-order chi connectivity index (χ0) is 26.6. The van der Waals surface area contributed by atoms with Crippen LogP contribution in [0.4, 0.5) is 0 Å². The number of unbranched alkanes of at least 4 members (excludes halogenated alkanes) is 5. The predicted molar refractivity (Wildman–Crippen MR) is 139 cm³/mol. The SMILES string of the molecule is C[N+](C)(C)CCOP(=O)([O-])OCC(CO)OC(=O)CCCC(O)CCCCCC/C=C\CCC[81Br]. The highest BCUT2D eigenvalue weighted by Crippen LogP contribution is 2.38. The van der Waals surface area contributed by atoms with Crippen molar-refractivity contribution in [2.24, 2.45) is 0 Å². The molecule has 0 aromatic rings. The van der Waals surface area contributed by atoms with Crippen molar-refractivity contribution in [2.45, 2.75) is 82.8 Å². The summed E-state index contributed by atoms with van der Waals surface area (Å²) in [7, 11) is 1.14. The van der Waals surface area contributed by atoms with Gasteiger partial charge in [0.15, 0.2) is 0 Å². The number of quaternary nitrogens is 1. The lowest BCUT2D eigenvalue weighted by atomic mass is 10.0. The standard InChI is InChI=1S/C24H47BrNO8P/c1-26(2,3)18-19-32-35(30,31)33-21-23(20-27)34-24(29)16-13-15-22(28)14-11-9-7-5-4-6-8-10-12-17-25/h6,8,22-23,27-28H,4-5,7,9-21H2,1-3H3/b8-6-/i25+1. The van der Waals surface area contributed by atoms with Gasteiger partial charge in [0, 0.05) is 11.8 Å². The Balaban J connectivity index is 3.90. The Kier molecular flexibility index (Phi) is 20.5. The number of phosphoric acid groups is 1. The number of carbonyl (C=O) groups excluding carboxylic acids is 1. The number of likely N-dealkylation sites (N-methyl/N-ethyl adjacent to an activating group) is 1. The van der Waals surface area contributed by atoms with E-state index < -0.39 is 39.2 Å². The van der Waals surface area contributed by atoms with E-state index >= 15 is 0 Å². The predicted octanol–water partition coefficient (Wildman–Crippen LogP) is 3.70. The summed E-state index contributed by atoms with van der Waals surface area (Å²) in [5.74, 6) is -0.573. The van der Waals surface area contributed by atoms with Gasteiger partial charge in [0.25, 0.3) is 7.82 Å². The van der Waals surface area contributed by atoms with Gasteiger partial charge in [0.1, 0.15) is 19.3 Å². The second-order valence-electron chi connectivity index (χ2n) is 9.72. The maximum atomic E-state index is 12.0. The number of hydrogen-bond donors (Lipinski definition) is 2. The summed E-state index contributed by atoms with van der Waals surface area (Å²) in [5, 5.41) is 20.5. The fraction of sp³-hybridized carbons (Fsp3) is 0.875. The van der Waals surface area contributed by atoms with Crippen LogP contribution in [0, 0.1) is 0 Å². The van der Waals surface area contributed by atoms with Crippen molar-refractivity contribution >= 4 is 29.7 Å². The van der Waals surface area contributed by atoms with Gasteiger partial charge in [-0.3, -0.25) is 9.36 Å². The molecule has 3 unspecified atom stereocenters. The largest absolute Gasteiger partial charge is 0.756 e. The number of nitrogens with zero attached hydrogens (tertiary/aromatic N) is 1. The highest BCUT2D eigenvalue weighted by Gasteiger charge is 2.19. The van der Waals surface area contributed by atoms with Gasteiger partial charge in [-0.2, -0.15) is 0 Å². The molecule has 0 saturated carbocycles. The van der Waals surface area contributed by atoms with Crippen LogP contribution in [0.1, 0.15) is 70.6 Å². The first-order valence-corrected chi connectivity index (χ1v) is 15.2. The molecule has 0 fully saturated rings. The number of aliphatic hydroxyl groups is 2. The Labute approximate surface area is 220 Å². The molecule has 208 valence electrons. The zero-order valence-corrected chi connectivity index (χ0v) is 24.2. The van der Waals surface area contributed by atoms with E-state index in [0.29, 0.717) is 30.3 Å². The van der Waals surface area contributed by atoms with Crippen molar-refractivity contribution in [3.05, 3.63) is 12.2 Å². The van der Waals surface area contributed by atoms with Gasteiger partial charge in [-0.15, -0.1) is 0 Å². The van der Waals surface area contributed by atoms with Gasteiger partial charge < -0.3 is 33.4 Å². The quantitative estimate of drug-likeness (QED) is 0.0462. The summed E-state index contributed by atoms with van der Waals surface area (Å²) >= 11 is 3.42. The van der Waals surface area contributed by atoms with Crippen molar-refractivity contribution < 1.29 is 42.7 Å². The van der Waals surface area contributed by atoms with Crippen molar-refractivity contribution in [2.75, 3.05) is 52.8 Å². The van der Waals surface area contributed by atoms with Gasteiger partial charge in [0.05, 0.1) is 40.5 Å². The molecular weight excluding hydrogens is 542 g/mol. The number of aliphatic hydroxyl groups excluding tert-OH is 2. The molecule has 0 aliphatic carbocycles. The zero-order valence-electron chi connectivity index (χ0n) is 21.7. The Hall–Kier alpha value is -0.320. The average molecular weight is 590 g/mol. The molecule has 0 saturated heterocycles. The molecule has 2 N–H and O–H groups in total. The van der Waals surface area contributed by atoms with E-state index in [1.807, 2.05) is 21.1 Å². The molecule has 0 aromatic heterocycles. The summed E-state index contributed by atoms with van der Waals surface area (Å²) in [6.07, 6.45) is 12.3. The summed E-state index contributed by atoms with van der Waals surface area (Å²) in [5.41, 5.74) is 0. The number of esters is 1. The minimum Gasteiger partial charge on any atom is -0.756 e. The first-order valence-electron chi connectivity index (χ1n) is 12.6. The van der Waals surface area contributed by atoms with Gasteiger partial charge in [-0.25, -0.2) is 0 Å². The smallest absolute Gasteiger partial charge is 0.306 e. The number of hydrogen-bond acceptors (Lipinski definition) is 8. The van der Waals surface area contributed by atoms with Crippen molar-refractivity contribution in [1.29, 1.82) is 0 Å². The van der Waals surface area contributed by atoms with Crippen LogP contribution in [-0.2, 0) is 23.1 Å². The molecule has 11 heteroatoms. The molecule has 0 bridgehead atoms. The molecule has 9 nitrogen and oxygen atoms in total. The number of rotatable bonds is 23. The Morgan fingerprint density at radius 3 is 2.29 bits per heavy atom. The van der Waals surface area contributed by atoms with Crippen molar-refractivity contribution in [1.82, 2.24) is 0 Å². The van der Waals surface area contributed by atoms with E-state index in [1.165, 1.54) is 6.42 Å². The van der Waals surface area contributed by atoms with E-state index in [0.717, 1.165) is 43.9 Å². The van der Waals surface area contributed by atoms with E-state index in [-0.39, 0.29) is 13.0 Å². The van der Waals surface area contributed by atoms with Crippen LogP contribution in [0.5, 0.6) is 0 Å². The second kappa shape index (κ2) is 20.7. The second-order valence-corrected chi connectivity index (χ2v) is 11.9. The Bertz CT molecular complexity index is 615. The van der Waals surface area contributed by atoms with Crippen LogP contribution in [0.3, 0.4) is 0 Å². The number of ether oxygens (including phenoxy) is 1. The molecule has 0 aliphatic heterocycles. The summed E-state index contributed by atoms with van der Waals surface area (Å²) in [6.45, 7) is -0.649. The molecule has 0 amide bonds. The monoisotopic (exact) mass is 589 g/mol. The van der Waals surface area contributed by atoms with Gasteiger partial charge >= 0.3 is 5.97 Å². The van der Waals surface area contributed by atoms with Gasteiger partial charge in [-0.1, -0.05) is 47.3 Å². The summed E-state index contributed by atoms with van der Waals surface area (Å²) in [6, 6.07) is 0. The van der Waals surface area contributed by atoms with Crippen molar-refractivity contribution in [3.8, 4) is 0 Å². The van der Waals surface area contributed by atoms with Crippen LogP contribution in [0.15, 0.2) is 12.2 Å². The average Bonchev–Trinajstić information content (AvgIpc) is 2.76. The van der Waals surface area contributed by atoms with Crippen LogP contribution >= 0.6 is 23.8 Å². The Morgan fingerprint density at radius 2 is 1.66 bits per heavy atom. The maximum absolute atomic E-state index is 12.0. The lowest BCUT2D eigenvalue weighted by Crippen LogP contribution is -2.37. The molecule has 0 radical (unpaired) electrons. The topological polar surface area (TPSA) is 125 Å². The Morgan fingerprint density at radius 1 is 1.03 bits per heavy atom. The van der Waals surface area contributed by atoms with Crippen LogP contribution in [-0.4, -0.2) is 85.7 Å². The fourth-order valence-electron chi connectivity index (χ4n) is 3.06. The summed E-state index contributed by atoms with van der Waals surface area (Å²) < 4.78 is 26.9. The first-order chi connectivity index (χ1) is 16.5. The highest BCUT2D eigenvalue weighted by molar-refractivity contribution is 9.09. The molecule has 0 aliphatic rings. The third-order valence-corrected chi connectivity index (χ3v) is 6.70. The first kappa shape index (κ1) is 34.7. The number of carbonyl (C=O) groups is 1. The van der Waals surface area contributed by atoms with Crippen LogP contribution in [0.2, 0.25) is 0 Å². The fourth-order valence-corrected chi connectivity index (χ4v) is 4.11. The minimum absolute atomic E-state index is 0.0364. The number of alkyl halides is 1. The van der Waals surface area contributed by atoms with Gasteiger partial charge in [-0.05, 0) is 44.9 Å². The van der Waals surface area contributed by atoms with E-state index in [2.05, 4.69) is 28.1 Å². The third-order valence-electron chi connectivity index (χ3n) is 5.18. The molecule has 0 aromatic carbocycles. The lowest BCUT2D eigenvalue weighted by molar-refractivity contribution is -0.870. The lowest BCUT2D eigenvalue weighted by Gasteiger charge is -2.28. The van der Waals surface area contributed by atoms with Crippen LogP contribution in [0.25, 0.3) is 0 Å². The van der Waals surface area contributed by atoms with Gasteiger partial charge in [0.2, 0.25) is 0 Å². The minimum atomic E-state index is -4.55. The molecule has 0 heterocycles. The summed E-state index contributed by atoms with van der Waals surface area (Å²) in [4.78, 5) is 23.8. The molecule has 0 spiro atoms. The van der Waals surface area contributed by atoms with Crippen molar-refractivity contribution in [3.63, 3.8) is 0 Å². The number of halogens is 1. The normalized spacial score (nSPS) is 15.7. The molecule has 35 heavy (non-hydrogen) atoms. The van der Waals surface area contributed by atoms with Crippen LogP contribution < -0.4 is 4.89 Å². The molecule has 3 atom stereocenters. The maximum Gasteiger partial charge on any atom is 0.306 e. The van der Waals surface area contributed by atoms with E-state index in [9.17, 15) is 24.5 Å². The third kappa shape index (κ3) is 23.8. The van der Waals surface area contributed by atoms with E-state index in [1.54, 1.807) is 0 Å².